The van der Waals surface area contributed by atoms with Crippen LogP contribution in [-0.2, 0) is 6.42 Å². The van der Waals surface area contributed by atoms with E-state index in [9.17, 15) is 4.79 Å². The number of anilines is 1. The van der Waals surface area contributed by atoms with E-state index in [1.807, 2.05) is 6.07 Å². The highest BCUT2D eigenvalue weighted by Crippen LogP contribution is 2.31. The zero-order valence-electron chi connectivity index (χ0n) is 17.2. The Balaban J connectivity index is 1.53. The van der Waals surface area contributed by atoms with Gasteiger partial charge in [-0.1, -0.05) is 29.8 Å². The van der Waals surface area contributed by atoms with Crippen LogP contribution in [0.15, 0.2) is 42.5 Å². The third-order valence-electron chi connectivity index (χ3n) is 6.14. The molecule has 2 aliphatic rings. The van der Waals surface area contributed by atoms with Gasteiger partial charge in [-0.3, -0.25) is 9.69 Å². The zero-order chi connectivity index (χ0) is 20.4. The van der Waals surface area contributed by atoms with E-state index in [2.05, 4.69) is 52.3 Å². The molecule has 1 saturated heterocycles. The molecular formula is C23H29ClN4O. The summed E-state index contributed by atoms with van der Waals surface area (Å²) in [4.78, 5) is 19.9. The molecule has 2 aromatic rings. The molecule has 0 aliphatic carbocycles. The van der Waals surface area contributed by atoms with E-state index in [0.29, 0.717) is 17.1 Å². The highest BCUT2D eigenvalue weighted by molar-refractivity contribution is 6.30. The van der Waals surface area contributed by atoms with Gasteiger partial charge in [-0.2, -0.15) is 0 Å². The predicted octanol–water partition coefficient (Wildman–Crippen LogP) is 3.05. The van der Waals surface area contributed by atoms with Gasteiger partial charge < -0.3 is 15.1 Å². The van der Waals surface area contributed by atoms with Crippen molar-refractivity contribution in [3.8, 4) is 0 Å². The average Bonchev–Trinajstić information content (AvgIpc) is 3.09. The molecule has 0 radical (unpaired) electrons. The molecule has 1 N–H and O–H groups in total. The molecule has 0 spiro atoms. The van der Waals surface area contributed by atoms with Crippen molar-refractivity contribution >= 4 is 23.2 Å². The van der Waals surface area contributed by atoms with E-state index in [1.54, 1.807) is 18.2 Å². The van der Waals surface area contributed by atoms with Crippen LogP contribution in [0.2, 0.25) is 5.02 Å². The molecule has 2 heterocycles. The monoisotopic (exact) mass is 412 g/mol. The van der Waals surface area contributed by atoms with Crippen molar-refractivity contribution in [2.24, 2.45) is 0 Å². The Kier molecular flexibility index (Phi) is 6.09. The second kappa shape index (κ2) is 8.74. The number of carbonyl (C=O) groups is 1. The Morgan fingerprint density at radius 3 is 2.62 bits per heavy atom. The van der Waals surface area contributed by atoms with E-state index in [-0.39, 0.29) is 11.9 Å². The Labute approximate surface area is 178 Å². The molecule has 1 fully saturated rings. The summed E-state index contributed by atoms with van der Waals surface area (Å²) in [6.07, 6.45) is 1.09. The van der Waals surface area contributed by atoms with Gasteiger partial charge in [0.2, 0.25) is 0 Å². The standard InChI is InChI=1S/C23H29ClN4O/c1-26-10-12-28(13-11-26)22(16-25-23(29)19-4-3-5-20(24)15-19)17-6-7-21-18(14-17)8-9-27(21)2/h3-7,14-15,22H,8-13,16H2,1-2H3,(H,25,29)/t22-/m1/s1. The van der Waals surface area contributed by atoms with Gasteiger partial charge in [0.25, 0.3) is 5.91 Å². The van der Waals surface area contributed by atoms with Gasteiger partial charge in [0.1, 0.15) is 0 Å². The fourth-order valence-electron chi connectivity index (χ4n) is 4.31. The Hall–Kier alpha value is -2.08. The Morgan fingerprint density at radius 2 is 1.86 bits per heavy atom. The lowest BCUT2D eigenvalue weighted by Crippen LogP contribution is -2.48. The SMILES string of the molecule is CN1CCN([C@H](CNC(=O)c2cccc(Cl)c2)c2ccc3c(c2)CCN3C)CC1. The van der Waals surface area contributed by atoms with Crippen molar-refractivity contribution in [2.45, 2.75) is 12.5 Å². The van der Waals surface area contributed by atoms with Gasteiger partial charge >= 0.3 is 0 Å². The Morgan fingerprint density at radius 1 is 1.07 bits per heavy atom. The second-order valence-electron chi connectivity index (χ2n) is 8.14. The van der Waals surface area contributed by atoms with Gasteiger partial charge in [0.05, 0.1) is 6.04 Å². The van der Waals surface area contributed by atoms with Crippen LogP contribution in [0.3, 0.4) is 0 Å². The summed E-state index contributed by atoms with van der Waals surface area (Å²) in [5.41, 5.74) is 4.62. The van der Waals surface area contributed by atoms with Crippen molar-refractivity contribution in [1.29, 1.82) is 0 Å². The summed E-state index contributed by atoms with van der Waals surface area (Å²) < 4.78 is 0. The third kappa shape index (κ3) is 4.58. The molecule has 1 atom stereocenters. The number of likely N-dealkylation sites (N-methyl/N-ethyl adjacent to an activating group) is 2. The van der Waals surface area contributed by atoms with E-state index in [4.69, 9.17) is 11.6 Å². The largest absolute Gasteiger partial charge is 0.374 e. The van der Waals surface area contributed by atoms with Crippen LogP contribution in [-0.4, -0.2) is 69.1 Å². The fourth-order valence-corrected chi connectivity index (χ4v) is 4.50. The number of halogens is 1. The average molecular weight is 413 g/mol. The summed E-state index contributed by atoms with van der Waals surface area (Å²) in [5.74, 6) is -0.0764. The maximum absolute atomic E-state index is 12.7. The maximum atomic E-state index is 12.7. The number of piperazine rings is 1. The number of amides is 1. The van der Waals surface area contributed by atoms with Crippen molar-refractivity contribution in [2.75, 3.05) is 58.3 Å². The van der Waals surface area contributed by atoms with Crippen molar-refractivity contribution < 1.29 is 4.79 Å². The molecule has 0 bridgehead atoms. The molecule has 2 aliphatic heterocycles. The first-order valence-corrected chi connectivity index (χ1v) is 10.7. The molecular weight excluding hydrogens is 384 g/mol. The molecule has 6 heteroatoms. The first-order chi connectivity index (χ1) is 14.0. The van der Waals surface area contributed by atoms with Gasteiger partial charge in [-0.15, -0.1) is 0 Å². The lowest BCUT2D eigenvalue weighted by Gasteiger charge is -2.38. The molecule has 0 aromatic heterocycles. The van der Waals surface area contributed by atoms with Crippen molar-refractivity contribution in [3.63, 3.8) is 0 Å². The normalized spacial score (nSPS) is 18.5. The quantitative estimate of drug-likeness (QED) is 0.819. The van der Waals surface area contributed by atoms with E-state index in [0.717, 1.165) is 39.1 Å². The van der Waals surface area contributed by atoms with E-state index in [1.165, 1.54) is 16.8 Å². The van der Waals surface area contributed by atoms with Crippen LogP contribution in [0.4, 0.5) is 5.69 Å². The number of benzene rings is 2. The summed E-state index contributed by atoms with van der Waals surface area (Å²) >= 11 is 6.05. The molecule has 5 nitrogen and oxygen atoms in total. The predicted molar refractivity (Wildman–Crippen MR) is 119 cm³/mol. The molecule has 1 amide bonds. The summed E-state index contributed by atoms with van der Waals surface area (Å²) in [6, 6.07) is 14.1. The number of rotatable bonds is 5. The minimum Gasteiger partial charge on any atom is -0.374 e. The number of carbonyl (C=O) groups excluding carboxylic acids is 1. The summed E-state index contributed by atoms with van der Waals surface area (Å²) in [7, 11) is 4.31. The molecule has 4 rings (SSSR count). The number of nitrogens with one attached hydrogen (secondary N) is 1. The Bertz CT molecular complexity index is 879. The lowest BCUT2D eigenvalue weighted by atomic mass is 10.00. The first-order valence-electron chi connectivity index (χ1n) is 10.3. The van der Waals surface area contributed by atoms with Crippen LogP contribution < -0.4 is 10.2 Å². The zero-order valence-corrected chi connectivity index (χ0v) is 18.0. The summed E-state index contributed by atoms with van der Waals surface area (Å²) in [6.45, 7) is 5.77. The highest BCUT2D eigenvalue weighted by Gasteiger charge is 2.26. The number of nitrogens with zero attached hydrogens (tertiary/aromatic N) is 3. The van der Waals surface area contributed by atoms with Crippen LogP contribution in [0.5, 0.6) is 0 Å². The van der Waals surface area contributed by atoms with Crippen LogP contribution in [0.25, 0.3) is 0 Å². The molecule has 154 valence electrons. The lowest BCUT2D eigenvalue weighted by molar-refractivity contribution is 0.0886. The van der Waals surface area contributed by atoms with Crippen molar-refractivity contribution in [1.82, 2.24) is 15.1 Å². The molecule has 0 saturated carbocycles. The number of fused-ring (bicyclic) bond motifs is 1. The third-order valence-corrected chi connectivity index (χ3v) is 6.37. The van der Waals surface area contributed by atoms with Gasteiger partial charge in [0, 0.05) is 62.6 Å². The van der Waals surface area contributed by atoms with Gasteiger partial charge in [-0.05, 0) is 48.9 Å². The van der Waals surface area contributed by atoms with Crippen molar-refractivity contribution in [3.05, 3.63) is 64.2 Å². The number of hydrogen-bond acceptors (Lipinski definition) is 4. The highest BCUT2D eigenvalue weighted by atomic mass is 35.5. The van der Waals surface area contributed by atoms with Crippen LogP contribution in [0.1, 0.15) is 27.5 Å². The molecule has 0 unspecified atom stereocenters. The van der Waals surface area contributed by atoms with Crippen LogP contribution in [0, 0.1) is 0 Å². The van der Waals surface area contributed by atoms with Gasteiger partial charge in [0.15, 0.2) is 0 Å². The van der Waals surface area contributed by atoms with Crippen LogP contribution >= 0.6 is 11.6 Å². The second-order valence-corrected chi connectivity index (χ2v) is 8.57. The maximum Gasteiger partial charge on any atom is 0.251 e. The van der Waals surface area contributed by atoms with E-state index < -0.39 is 0 Å². The smallest absolute Gasteiger partial charge is 0.251 e. The first kappa shape index (κ1) is 20.2. The van der Waals surface area contributed by atoms with E-state index >= 15 is 0 Å². The van der Waals surface area contributed by atoms with Gasteiger partial charge in [-0.25, -0.2) is 0 Å². The topological polar surface area (TPSA) is 38.8 Å². The minimum absolute atomic E-state index is 0.0764. The minimum atomic E-state index is -0.0764. The summed E-state index contributed by atoms with van der Waals surface area (Å²) in [5, 5.41) is 3.73. The molecule has 29 heavy (non-hydrogen) atoms. The fraction of sp³-hybridized carbons (Fsp3) is 0.435. The number of hydrogen-bond donors (Lipinski definition) is 1. The molecule has 2 aromatic carbocycles.